The number of likely N-dealkylation sites (tertiary alicyclic amines) is 1. The number of nitrogens with zero attached hydrogens (tertiary/aromatic N) is 3. The average molecular weight is 333 g/mol. The molecule has 2 saturated heterocycles. The van der Waals surface area contributed by atoms with Gasteiger partial charge in [-0.25, -0.2) is 0 Å². The molecule has 1 aromatic heterocycles. The molecule has 132 valence electrons. The van der Waals surface area contributed by atoms with E-state index in [2.05, 4.69) is 4.98 Å². The molecule has 1 aromatic rings. The Bertz CT molecular complexity index is 585. The quantitative estimate of drug-likeness (QED) is 0.811. The van der Waals surface area contributed by atoms with E-state index in [-0.39, 0.29) is 17.6 Å². The van der Waals surface area contributed by atoms with Gasteiger partial charge < -0.3 is 19.3 Å². The molecule has 0 aromatic carbocycles. The monoisotopic (exact) mass is 333 g/mol. The molecule has 1 atom stereocenters. The molecule has 2 aliphatic heterocycles. The van der Waals surface area contributed by atoms with E-state index in [0.29, 0.717) is 32.8 Å². The van der Waals surface area contributed by atoms with E-state index in [1.165, 1.54) is 0 Å². The van der Waals surface area contributed by atoms with E-state index in [1.54, 1.807) is 0 Å². The highest BCUT2D eigenvalue weighted by molar-refractivity contribution is 5.79. The van der Waals surface area contributed by atoms with Crippen LogP contribution in [0.4, 0.5) is 0 Å². The third-order valence-electron chi connectivity index (χ3n) is 4.62. The van der Waals surface area contributed by atoms with Crippen molar-refractivity contribution in [2.24, 2.45) is 0 Å². The van der Waals surface area contributed by atoms with Crippen molar-refractivity contribution in [3.05, 3.63) is 29.6 Å². The maximum Gasteiger partial charge on any atom is 0.236 e. The van der Waals surface area contributed by atoms with Crippen molar-refractivity contribution in [2.75, 3.05) is 40.3 Å². The Hall–Kier alpha value is -1.50. The predicted molar refractivity (Wildman–Crippen MR) is 90.6 cm³/mol. The lowest BCUT2D eigenvalue weighted by Gasteiger charge is -2.53. The number of carbonyl (C=O) groups is 1. The van der Waals surface area contributed by atoms with Crippen LogP contribution in [0.3, 0.4) is 0 Å². The molecular formula is C18H27N3O3. The maximum atomic E-state index is 12.1. The predicted octanol–water partition coefficient (Wildman–Crippen LogP) is 1.23. The van der Waals surface area contributed by atoms with Crippen molar-refractivity contribution in [3.8, 4) is 0 Å². The lowest BCUT2D eigenvalue weighted by molar-refractivity contribution is -0.202. The lowest BCUT2D eigenvalue weighted by atomic mass is 9.84. The third kappa shape index (κ3) is 4.12. The lowest BCUT2D eigenvalue weighted by Crippen LogP contribution is -2.68. The minimum Gasteiger partial charge on any atom is -0.372 e. The second-order valence-corrected chi connectivity index (χ2v) is 7.22. The molecule has 2 fully saturated rings. The summed E-state index contributed by atoms with van der Waals surface area (Å²) in [7, 11) is 3.82. The van der Waals surface area contributed by atoms with E-state index in [4.69, 9.17) is 9.47 Å². The molecule has 0 saturated carbocycles. The zero-order valence-electron chi connectivity index (χ0n) is 14.8. The molecule has 1 amide bonds. The summed E-state index contributed by atoms with van der Waals surface area (Å²) in [5.41, 5.74) is 1.77. The number of hydrogen-bond donors (Lipinski definition) is 0. The molecule has 6 nitrogen and oxygen atoms in total. The Morgan fingerprint density at radius 3 is 2.96 bits per heavy atom. The van der Waals surface area contributed by atoms with E-state index in [0.717, 1.165) is 24.2 Å². The summed E-state index contributed by atoms with van der Waals surface area (Å²) in [4.78, 5) is 20.3. The molecule has 2 aliphatic rings. The van der Waals surface area contributed by atoms with E-state index in [9.17, 15) is 4.79 Å². The molecule has 6 heteroatoms. The molecule has 3 rings (SSSR count). The number of hydrogen-bond acceptors (Lipinski definition) is 5. The normalized spacial score (nSPS) is 22.7. The van der Waals surface area contributed by atoms with Crippen LogP contribution in [-0.2, 0) is 20.9 Å². The fraction of sp³-hybridized carbons (Fsp3) is 0.667. The zero-order valence-corrected chi connectivity index (χ0v) is 14.8. The van der Waals surface area contributed by atoms with Gasteiger partial charge in [-0.1, -0.05) is 6.07 Å². The van der Waals surface area contributed by atoms with Crippen molar-refractivity contribution in [1.82, 2.24) is 14.8 Å². The average Bonchev–Trinajstić information content (AvgIpc) is 2.50. The molecule has 0 N–H and O–H groups in total. The van der Waals surface area contributed by atoms with Crippen molar-refractivity contribution in [2.45, 2.75) is 38.1 Å². The van der Waals surface area contributed by atoms with Crippen molar-refractivity contribution in [3.63, 3.8) is 0 Å². The Kier molecular flexibility index (Phi) is 5.18. The minimum absolute atomic E-state index is 0.168. The summed E-state index contributed by atoms with van der Waals surface area (Å²) in [5.74, 6) is 0.168. The summed E-state index contributed by atoms with van der Waals surface area (Å²) >= 11 is 0. The van der Waals surface area contributed by atoms with Crippen molar-refractivity contribution < 1.29 is 14.3 Å². The maximum absolute atomic E-state index is 12.1. The van der Waals surface area contributed by atoms with Gasteiger partial charge in [0, 0.05) is 18.7 Å². The number of ether oxygens (including phenoxy) is 2. The van der Waals surface area contributed by atoms with Gasteiger partial charge in [0.2, 0.25) is 5.91 Å². The SMILES string of the molecule is Cc1cccc(COC2CCOC3(C2)CN(C(=O)CN(C)C)C3)n1. The number of likely N-dealkylation sites (N-methyl/N-ethyl adjacent to an activating group) is 1. The van der Waals surface area contributed by atoms with Crippen molar-refractivity contribution in [1.29, 1.82) is 0 Å². The summed E-state index contributed by atoms with van der Waals surface area (Å²) < 4.78 is 12.0. The number of amides is 1. The highest BCUT2D eigenvalue weighted by Gasteiger charge is 2.49. The Morgan fingerprint density at radius 1 is 1.46 bits per heavy atom. The van der Waals surface area contributed by atoms with Gasteiger partial charge in [0.15, 0.2) is 0 Å². The molecule has 0 radical (unpaired) electrons. The number of rotatable bonds is 5. The topological polar surface area (TPSA) is 54.9 Å². The van der Waals surface area contributed by atoms with Crippen LogP contribution in [-0.4, -0.2) is 72.7 Å². The zero-order chi connectivity index (χ0) is 17.2. The molecule has 1 unspecified atom stereocenters. The largest absolute Gasteiger partial charge is 0.372 e. The second kappa shape index (κ2) is 7.17. The smallest absolute Gasteiger partial charge is 0.236 e. The fourth-order valence-electron chi connectivity index (χ4n) is 3.42. The van der Waals surface area contributed by atoms with Crippen LogP contribution in [0.15, 0.2) is 18.2 Å². The Labute approximate surface area is 143 Å². The van der Waals surface area contributed by atoms with Gasteiger partial charge in [-0.15, -0.1) is 0 Å². The van der Waals surface area contributed by atoms with Crippen LogP contribution >= 0.6 is 0 Å². The standard InChI is InChI=1S/C18H27N3O3/c1-14-5-4-6-15(19-14)11-23-16-7-8-24-18(9-16)12-21(13-18)17(22)10-20(2)3/h4-6,16H,7-13H2,1-3H3. The van der Waals surface area contributed by atoms with Gasteiger partial charge in [0.1, 0.15) is 5.60 Å². The van der Waals surface area contributed by atoms with E-state index in [1.807, 2.05) is 49.0 Å². The highest BCUT2D eigenvalue weighted by Crippen LogP contribution is 2.35. The van der Waals surface area contributed by atoms with E-state index >= 15 is 0 Å². The van der Waals surface area contributed by atoms with Gasteiger partial charge in [0.25, 0.3) is 0 Å². The molecule has 3 heterocycles. The van der Waals surface area contributed by atoms with Crippen LogP contribution < -0.4 is 0 Å². The number of carbonyl (C=O) groups excluding carboxylic acids is 1. The number of aromatic nitrogens is 1. The van der Waals surface area contributed by atoms with E-state index < -0.39 is 0 Å². The van der Waals surface area contributed by atoms with Crippen LogP contribution in [0.1, 0.15) is 24.2 Å². The first-order valence-corrected chi connectivity index (χ1v) is 8.56. The van der Waals surface area contributed by atoms with Crippen LogP contribution in [0.2, 0.25) is 0 Å². The number of pyridine rings is 1. The molecule has 0 aliphatic carbocycles. The van der Waals surface area contributed by atoms with Crippen molar-refractivity contribution >= 4 is 5.91 Å². The number of aryl methyl sites for hydroxylation is 1. The highest BCUT2D eigenvalue weighted by atomic mass is 16.5. The molecule has 1 spiro atoms. The van der Waals surface area contributed by atoms with Gasteiger partial charge in [0.05, 0.1) is 38.0 Å². The summed E-state index contributed by atoms with van der Waals surface area (Å²) in [6, 6.07) is 5.99. The second-order valence-electron chi connectivity index (χ2n) is 7.22. The molecular weight excluding hydrogens is 306 g/mol. The van der Waals surface area contributed by atoms with Gasteiger partial charge in [-0.3, -0.25) is 9.78 Å². The first kappa shape index (κ1) is 17.3. The van der Waals surface area contributed by atoms with Gasteiger partial charge >= 0.3 is 0 Å². The first-order valence-electron chi connectivity index (χ1n) is 8.56. The summed E-state index contributed by atoms with van der Waals surface area (Å²) in [6.07, 6.45) is 1.93. The van der Waals surface area contributed by atoms with Crippen LogP contribution in [0.25, 0.3) is 0 Å². The fourth-order valence-corrected chi connectivity index (χ4v) is 3.42. The van der Waals surface area contributed by atoms with Gasteiger partial charge in [-0.05, 0) is 39.6 Å². The molecule has 0 bridgehead atoms. The first-order chi connectivity index (χ1) is 11.5. The minimum atomic E-state index is -0.203. The van der Waals surface area contributed by atoms with Crippen LogP contribution in [0.5, 0.6) is 0 Å². The molecule has 24 heavy (non-hydrogen) atoms. The summed E-state index contributed by atoms with van der Waals surface area (Å²) in [6.45, 7) is 5.04. The third-order valence-corrected chi connectivity index (χ3v) is 4.62. The Balaban J connectivity index is 1.48. The summed E-state index contributed by atoms with van der Waals surface area (Å²) in [5, 5.41) is 0. The Morgan fingerprint density at radius 2 is 2.25 bits per heavy atom. The van der Waals surface area contributed by atoms with Gasteiger partial charge in [-0.2, -0.15) is 0 Å². The van der Waals surface area contributed by atoms with Crippen LogP contribution in [0, 0.1) is 6.92 Å².